The normalized spacial score (nSPS) is 26.4. The second-order valence-corrected chi connectivity index (χ2v) is 4.88. The number of carbonyl (C=O) groups is 1. The van der Waals surface area contributed by atoms with E-state index in [1.807, 2.05) is 0 Å². The summed E-state index contributed by atoms with van der Waals surface area (Å²) < 4.78 is 0. The van der Waals surface area contributed by atoms with Crippen molar-refractivity contribution in [2.75, 3.05) is 6.61 Å². The van der Waals surface area contributed by atoms with Gasteiger partial charge in [-0.15, -0.1) is 0 Å². The Morgan fingerprint density at radius 1 is 1.36 bits per heavy atom. The molecule has 14 heavy (non-hydrogen) atoms. The first-order valence-corrected chi connectivity index (χ1v) is 5.28. The maximum Gasteiger partial charge on any atom is 0.222 e. The zero-order valence-electron chi connectivity index (χ0n) is 8.38. The van der Waals surface area contributed by atoms with Gasteiger partial charge in [0, 0.05) is 12.0 Å². The van der Waals surface area contributed by atoms with Gasteiger partial charge in [-0.25, -0.2) is 0 Å². The minimum Gasteiger partial charge on any atom is -0.394 e. The molecule has 0 heterocycles. The second-order valence-electron chi connectivity index (χ2n) is 4.88. The number of rotatable bonds is 4. The summed E-state index contributed by atoms with van der Waals surface area (Å²) >= 11 is 0. The Morgan fingerprint density at radius 2 is 2.00 bits per heavy atom. The largest absolute Gasteiger partial charge is 0.394 e. The smallest absolute Gasteiger partial charge is 0.222 e. The van der Waals surface area contributed by atoms with E-state index in [1.165, 1.54) is 0 Å². The monoisotopic (exact) mass is 198 g/mol. The summed E-state index contributed by atoms with van der Waals surface area (Å²) in [5.74, 6) is -0.00116. The van der Waals surface area contributed by atoms with E-state index in [9.17, 15) is 4.79 Å². The summed E-state index contributed by atoms with van der Waals surface area (Å²) in [6.45, 7) is 0.0519. The first-order chi connectivity index (χ1) is 6.58. The summed E-state index contributed by atoms with van der Waals surface area (Å²) in [6.07, 6.45) is 5.24. The molecule has 2 rings (SSSR count). The Bertz CT molecular complexity index is 236. The Balaban J connectivity index is 1.79. The fourth-order valence-electron chi connectivity index (χ4n) is 1.94. The topological polar surface area (TPSA) is 75.4 Å². The molecule has 2 fully saturated rings. The molecular formula is C10H18N2O2. The third-order valence-corrected chi connectivity index (χ3v) is 3.42. The van der Waals surface area contributed by atoms with Gasteiger partial charge in [0.15, 0.2) is 0 Å². The lowest BCUT2D eigenvalue weighted by atomic mass is 9.75. The van der Waals surface area contributed by atoms with Gasteiger partial charge < -0.3 is 16.2 Å². The summed E-state index contributed by atoms with van der Waals surface area (Å²) in [5.41, 5.74) is 5.41. The molecule has 0 saturated heterocycles. The van der Waals surface area contributed by atoms with Crippen LogP contribution in [-0.4, -0.2) is 28.7 Å². The van der Waals surface area contributed by atoms with E-state index in [-0.39, 0.29) is 23.6 Å². The molecule has 0 spiro atoms. The van der Waals surface area contributed by atoms with Gasteiger partial charge in [-0.3, -0.25) is 4.79 Å². The third kappa shape index (κ3) is 1.91. The quantitative estimate of drug-likeness (QED) is 0.590. The molecule has 0 aromatic carbocycles. The van der Waals surface area contributed by atoms with Crippen molar-refractivity contribution in [1.29, 1.82) is 0 Å². The summed E-state index contributed by atoms with van der Waals surface area (Å²) in [7, 11) is 0. The molecule has 0 aromatic rings. The number of aliphatic hydroxyl groups is 1. The van der Waals surface area contributed by atoms with E-state index < -0.39 is 0 Å². The summed E-state index contributed by atoms with van der Waals surface area (Å²) in [5, 5.41) is 11.9. The van der Waals surface area contributed by atoms with Crippen molar-refractivity contribution in [3.05, 3.63) is 0 Å². The molecule has 0 unspecified atom stereocenters. The van der Waals surface area contributed by atoms with Crippen LogP contribution < -0.4 is 11.1 Å². The number of hydrogen-bond acceptors (Lipinski definition) is 3. The van der Waals surface area contributed by atoms with Crippen molar-refractivity contribution in [2.45, 2.75) is 49.6 Å². The van der Waals surface area contributed by atoms with Crippen LogP contribution in [-0.2, 0) is 4.79 Å². The van der Waals surface area contributed by atoms with Gasteiger partial charge in [0.2, 0.25) is 5.91 Å². The molecule has 1 amide bonds. The van der Waals surface area contributed by atoms with Crippen LogP contribution in [0.3, 0.4) is 0 Å². The van der Waals surface area contributed by atoms with Crippen molar-refractivity contribution in [2.24, 2.45) is 5.73 Å². The van der Waals surface area contributed by atoms with E-state index in [0.29, 0.717) is 6.42 Å². The maximum atomic E-state index is 11.6. The first kappa shape index (κ1) is 9.93. The first-order valence-electron chi connectivity index (χ1n) is 5.28. The molecule has 0 atom stereocenters. The van der Waals surface area contributed by atoms with Crippen LogP contribution in [0.4, 0.5) is 0 Å². The van der Waals surface area contributed by atoms with Gasteiger partial charge in [0.05, 0.1) is 12.1 Å². The van der Waals surface area contributed by atoms with Crippen LogP contribution in [0.25, 0.3) is 0 Å². The molecule has 0 aromatic heterocycles. The summed E-state index contributed by atoms with van der Waals surface area (Å²) in [4.78, 5) is 11.6. The molecule has 0 bridgehead atoms. The van der Waals surface area contributed by atoms with Crippen molar-refractivity contribution >= 4 is 5.91 Å². The van der Waals surface area contributed by atoms with Crippen LogP contribution >= 0.6 is 0 Å². The zero-order valence-corrected chi connectivity index (χ0v) is 8.38. The SMILES string of the molecule is NC1(CC(=O)NC2(CO)CC2)CCC1. The zero-order chi connectivity index (χ0) is 10.2. The average molecular weight is 198 g/mol. The van der Waals surface area contributed by atoms with E-state index >= 15 is 0 Å². The Kier molecular flexibility index (Phi) is 2.27. The number of nitrogens with one attached hydrogen (secondary N) is 1. The average Bonchev–Trinajstić information content (AvgIpc) is 2.82. The highest BCUT2D eigenvalue weighted by molar-refractivity contribution is 5.78. The van der Waals surface area contributed by atoms with E-state index in [4.69, 9.17) is 10.8 Å². The molecule has 4 heteroatoms. The van der Waals surface area contributed by atoms with E-state index in [0.717, 1.165) is 32.1 Å². The van der Waals surface area contributed by atoms with Gasteiger partial charge in [-0.05, 0) is 32.1 Å². The fraction of sp³-hybridized carbons (Fsp3) is 0.900. The minimum atomic E-state index is -0.294. The van der Waals surface area contributed by atoms with Crippen LogP contribution in [0.5, 0.6) is 0 Å². The number of nitrogens with two attached hydrogens (primary N) is 1. The highest BCUT2D eigenvalue weighted by Gasteiger charge is 2.44. The van der Waals surface area contributed by atoms with Crippen molar-refractivity contribution in [1.82, 2.24) is 5.32 Å². The molecule has 0 radical (unpaired) electrons. The van der Waals surface area contributed by atoms with Gasteiger partial charge in [-0.1, -0.05) is 0 Å². The predicted octanol–water partition coefficient (Wildman–Crippen LogP) is -0.101. The molecule has 4 N–H and O–H groups in total. The lowest BCUT2D eigenvalue weighted by Gasteiger charge is -2.37. The highest BCUT2D eigenvalue weighted by atomic mass is 16.3. The molecular weight excluding hydrogens is 180 g/mol. The summed E-state index contributed by atoms with van der Waals surface area (Å²) in [6, 6.07) is 0. The highest BCUT2D eigenvalue weighted by Crippen LogP contribution is 2.36. The number of hydrogen-bond donors (Lipinski definition) is 3. The van der Waals surface area contributed by atoms with Gasteiger partial charge >= 0.3 is 0 Å². The molecule has 2 saturated carbocycles. The Hall–Kier alpha value is -0.610. The lowest BCUT2D eigenvalue weighted by molar-refractivity contribution is -0.124. The molecule has 4 nitrogen and oxygen atoms in total. The maximum absolute atomic E-state index is 11.6. The molecule has 2 aliphatic carbocycles. The van der Waals surface area contributed by atoms with Crippen LogP contribution in [0, 0.1) is 0 Å². The molecule has 2 aliphatic rings. The molecule has 80 valence electrons. The lowest BCUT2D eigenvalue weighted by Crippen LogP contribution is -2.51. The van der Waals surface area contributed by atoms with Crippen LogP contribution in [0.2, 0.25) is 0 Å². The number of aliphatic hydroxyl groups excluding tert-OH is 1. The number of amides is 1. The van der Waals surface area contributed by atoms with Crippen molar-refractivity contribution in [3.63, 3.8) is 0 Å². The minimum absolute atomic E-state index is 0.00116. The standard InChI is InChI=1S/C10H18N2O2/c11-9(2-1-3-9)6-8(14)12-10(7-13)4-5-10/h13H,1-7,11H2,(H,12,14). The Labute approximate surface area is 83.9 Å². The third-order valence-electron chi connectivity index (χ3n) is 3.42. The van der Waals surface area contributed by atoms with Crippen LogP contribution in [0.1, 0.15) is 38.5 Å². The van der Waals surface area contributed by atoms with E-state index in [1.54, 1.807) is 0 Å². The van der Waals surface area contributed by atoms with E-state index in [2.05, 4.69) is 5.32 Å². The predicted molar refractivity (Wildman–Crippen MR) is 52.6 cm³/mol. The number of carbonyl (C=O) groups excluding carboxylic acids is 1. The van der Waals surface area contributed by atoms with Gasteiger partial charge in [0.25, 0.3) is 0 Å². The van der Waals surface area contributed by atoms with Crippen LogP contribution in [0.15, 0.2) is 0 Å². The fourth-order valence-corrected chi connectivity index (χ4v) is 1.94. The van der Waals surface area contributed by atoms with Gasteiger partial charge in [0.1, 0.15) is 0 Å². The second kappa shape index (κ2) is 3.21. The molecule has 0 aliphatic heterocycles. The van der Waals surface area contributed by atoms with Crippen molar-refractivity contribution in [3.8, 4) is 0 Å². The van der Waals surface area contributed by atoms with Crippen molar-refractivity contribution < 1.29 is 9.90 Å². The van der Waals surface area contributed by atoms with Gasteiger partial charge in [-0.2, -0.15) is 0 Å². The Morgan fingerprint density at radius 3 is 2.36 bits per heavy atom.